The lowest BCUT2D eigenvalue weighted by Crippen LogP contribution is -2.53. The summed E-state index contributed by atoms with van der Waals surface area (Å²) in [6.45, 7) is 6.27. The third-order valence-corrected chi connectivity index (χ3v) is 7.19. The van der Waals surface area contributed by atoms with Gasteiger partial charge in [0.2, 0.25) is 0 Å². The van der Waals surface area contributed by atoms with Crippen LogP contribution in [0.15, 0.2) is 79.4 Å². The van der Waals surface area contributed by atoms with Crippen molar-refractivity contribution in [2.45, 2.75) is 12.3 Å². The third kappa shape index (κ3) is 5.33. The van der Waals surface area contributed by atoms with E-state index in [1.807, 2.05) is 30.3 Å². The SMILES string of the molecule is C=CCN1CC(Oc2ccc(-c3c(-c4ccc(O)cc4)sc4cc(OC(=O)C(F)(F)F)ccc34)cc2)C1. The van der Waals surface area contributed by atoms with Crippen LogP contribution >= 0.6 is 11.3 Å². The van der Waals surface area contributed by atoms with E-state index in [9.17, 15) is 23.1 Å². The van der Waals surface area contributed by atoms with E-state index < -0.39 is 12.1 Å². The van der Waals surface area contributed by atoms with Crippen molar-refractivity contribution >= 4 is 27.4 Å². The molecule has 1 aliphatic heterocycles. The number of thiophene rings is 1. The molecule has 0 unspecified atom stereocenters. The maximum atomic E-state index is 12.7. The van der Waals surface area contributed by atoms with Gasteiger partial charge in [-0.05, 0) is 65.7 Å². The molecule has 1 N–H and O–H groups in total. The van der Waals surface area contributed by atoms with Gasteiger partial charge in [-0.2, -0.15) is 13.2 Å². The molecule has 0 saturated carbocycles. The van der Waals surface area contributed by atoms with Crippen LogP contribution in [0, 0.1) is 0 Å². The molecule has 190 valence electrons. The van der Waals surface area contributed by atoms with Crippen molar-refractivity contribution in [2.75, 3.05) is 19.6 Å². The first kappa shape index (κ1) is 24.9. The maximum absolute atomic E-state index is 12.7. The van der Waals surface area contributed by atoms with Gasteiger partial charge in [-0.25, -0.2) is 4.79 Å². The van der Waals surface area contributed by atoms with E-state index in [0.29, 0.717) is 4.70 Å². The smallest absolute Gasteiger partial charge is 0.491 e. The van der Waals surface area contributed by atoms with Gasteiger partial charge in [0.05, 0.1) is 0 Å². The average Bonchev–Trinajstić information content (AvgIpc) is 3.22. The molecule has 1 saturated heterocycles. The molecule has 2 heterocycles. The van der Waals surface area contributed by atoms with E-state index in [-0.39, 0.29) is 17.6 Å². The number of hydrogen-bond donors (Lipinski definition) is 1. The number of esters is 1. The number of halogens is 3. The number of alkyl halides is 3. The van der Waals surface area contributed by atoms with Crippen LogP contribution in [0.1, 0.15) is 0 Å². The van der Waals surface area contributed by atoms with Crippen LogP contribution in [0.2, 0.25) is 0 Å². The molecule has 9 heteroatoms. The highest BCUT2D eigenvalue weighted by atomic mass is 32.1. The number of nitrogens with zero attached hydrogens (tertiary/aromatic N) is 1. The quantitative estimate of drug-likeness (QED) is 0.166. The van der Waals surface area contributed by atoms with E-state index in [2.05, 4.69) is 16.2 Å². The summed E-state index contributed by atoms with van der Waals surface area (Å²) in [6.07, 6.45) is -3.09. The minimum absolute atomic E-state index is 0.122. The number of aromatic hydroxyl groups is 1. The van der Waals surface area contributed by atoms with Gasteiger partial charge < -0.3 is 14.6 Å². The summed E-state index contributed by atoms with van der Waals surface area (Å²) in [5.74, 6) is -1.58. The average molecular weight is 526 g/mol. The second-order valence-corrected chi connectivity index (χ2v) is 9.72. The van der Waals surface area contributed by atoms with Crippen LogP contribution in [0.3, 0.4) is 0 Å². The zero-order valence-electron chi connectivity index (χ0n) is 19.5. The summed E-state index contributed by atoms with van der Waals surface area (Å²) in [5, 5.41) is 10.5. The summed E-state index contributed by atoms with van der Waals surface area (Å²) in [7, 11) is 0. The Kier molecular flexibility index (Phi) is 6.66. The predicted octanol–water partition coefficient (Wildman–Crippen LogP) is 6.66. The molecule has 0 spiro atoms. The minimum Gasteiger partial charge on any atom is -0.508 e. The second kappa shape index (κ2) is 9.91. The normalized spacial score (nSPS) is 14.4. The zero-order valence-corrected chi connectivity index (χ0v) is 20.3. The molecule has 0 amide bonds. The molecule has 5 nitrogen and oxygen atoms in total. The molecule has 1 aromatic heterocycles. The number of carbonyl (C=O) groups excluding carboxylic acids is 1. The van der Waals surface area contributed by atoms with Crippen LogP contribution < -0.4 is 9.47 Å². The first-order valence-corrected chi connectivity index (χ1v) is 12.3. The summed E-state index contributed by atoms with van der Waals surface area (Å²) < 4.78 is 49.3. The number of rotatable bonds is 7. The molecule has 4 aromatic rings. The van der Waals surface area contributed by atoms with E-state index in [1.165, 1.54) is 23.5 Å². The van der Waals surface area contributed by atoms with E-state index in [1.54, 1.807) is 30.3 Å². The number of likely N-dealkylation sites (tertiary alicyclic amines) is 1. The van der Waals surface area contributed by atoms with Crippen LogP contribution in [-0.4, -0.2) is 47.9 Å². The lowest BCUT2D eigenvalue weighted by molar-refractivity contribution is -0.189. The van der Waals surface area contributed by atoms with Gasteiger partial charge in [-0.1, -0.05) is 18.2 Å². The number of phenolic OH excluding ortho intramolecular Hbond substituents is 1. The first-order chi connectivity index (χ1) is 17.7. The van der Waals surface area contributed by atoms with E-state index in [0.717, 1.165) is 52.3 Å². The number of hydrogen-bond acceptors (Lipinski definition) is 6. The van der Waals surface area contributed by atoms with Crippen molar-refractivity contribution in [3.05, 3.63) is 79.4 Å². The third-order valence-electron chi connectivity index (χ3n) is 5.99. The van der Waals surface area contributed by atoms with Crippen molar-refractivity contribution in [1.29, 1.82) is 0 Å². The molecule has 3 aromatic carbocycles. The highest BCUT2D eigenvalue weighted by Crippen LogP contribution is 2.46. The van der Waals surface area contributed by atoms with Crippen molar-refractivity contribution in [3.63, 3.8) is 0 Å². The van der Waals surface area contributed by atoms with E-state index >= 15 is 0 Å². The Morgan fingerprint density at radius 3 is 2.32 bits per heavy atom. The lowest BCUT2D eigenvalue weighted by atomic mass is 9.98. The molecular weight excluding hydrogens is 503 g/mol. The Morgan fingerprint density at radius 1 is 1.03 bits per heavy atom. The lowest BCUT2D eigenvalue weighted by Gasteiger charge is -2.38. The topological polar surface area (TPSA) is 59.0 Å². The van der Waals surface area contributed by atoms with Gasteiger partial charge in [-0.3, -0.25) is 4.90 Å². The number of benzene rings is 3. The Bertz CT molecular complexity index is 1440. The monoisotopic (exact) mass is 525 g/mol. The molecule has 0 atom stereocenters. The number of fused-ring (bicyclic) bond motifs is 1. The second-order valence-electron chi connectivity index (χ2n) is 8.67. The molecule has 0 radical (unpaired) electrons. The molecule has 5 rings (SSSR count). The molecule has 37 heavy (non-hydrogen) atoms. The molecule has 1 aliphatic rings. The summed E-state index contributed by atoms with van der Waals surface area (Å²) in [4.78, 5) is 14.4. The number of carbonyl (C=O) groups is 1. The van der Waals surface area contributed by atoms with Crippen molar-refractivity contribution < 1.29 is 32.5 Å². The fourth-order valence-corrected chi connectivity index (χ4v) is 5.49. The van der Waals surface area contributed by atoms with Gasteiger partial charge in [0.1, 0.15) is 23.4 Å². The predicted molar refractivity (Wildman–Crippen MR) is 137 cm³/mol. The van der Waals surface area contributed by atoms with Crippen molar-refractivity contribution in [2.24, 2.45) is 0 Å². The molecule has 1 fully saturated rings. The van der Waals surface area contributed by atoms with Gasteiger partial charge in [-0.15, -0.1) is 17.9 Å². The zero-order chi connectivity index (χ0) is 26.2. The van der Waals surface area contributed by atoms with Crippen LogP contribution in [0.4, 0.5) is 13.2 Å². The fraction of sp³-hybridized carbons (Fsp3) is 0.179. The standard InChI is InChI=1S/C28H22F3NO4S/c1-2-13-32-15-22(16-32)35-20-9-5-17(6-10-20)25-23-12-11-21(36-27(34)28(29,30)31)14-24(23)37-26(25)18-3-7-19(33)8-4-18/h2-12,14,22,33H,1,13,15-16H2. The number of ether oxygens (including phenoxy) is 2. The number of phenols is 1. The van der Waals surface area contributed by atoms with Crippen LogP contribution in [0.5, 0.6) is 17.2 Å². The largest absolute Gasteiger partial charge is 0.508 e. The van der Waals surface area contributed by atoms with Gasteiger partial charge in [0, 0.05) is 40.2 Å². The highest BCUT2D eigenvalue weighted by molar-refractivity contribution is 7.23. The Hall–Kier alpha value is -3.82. The van der Waals surface area contributed by atoms with Crippen molar-refractivity contribution in [3.8, 4) is 38.8 Å². The highest BCUT2D eigenvalue weighted by Gasteiger charge is 2.41. The maximum Gasteiger partial charge on any atom is 0.491 e. The van der Waals surface area contributed by atoms with E-state index in [4.69, 9.17) is 4.74 Å². The van der Waals surface area contributed by atoms with Gasteiger partial charge >= 0.3 is 12.1 Å². The van der Waals surface area contributed by atoms with Crippen molar-refractivity contribution in [1.82, 2.24) is 4.90 Å². The van der Waals surface area contributed by atoms with Crippen LogP contribution in [0.25, 0.3) is 31.7 Å². The minimum atomic E-state index is -5.08. The summed E-state index contributed by atoms with van der Waals surface area (Å²) in [6, 6.07) is 18.8. The van der Waals surface area contributed by atoms with Gasteiger partial charge in [0.25, 0.3) is 0 Å². The first-order valence-electron chi connectivity index (χ1n) is 11.5. The Labute approximate surface area is 215 Å². The Morgan fingerprint density at radius 2 is 1.68 bits per heavy atom. The van der Waals surface area contributed by atoms with Gasteiger partial charge in [0.15, 0.2) is 0 Å². The molecule has 0 aliphatic carbocycles. The summed E-state index contributed by atoms with van der Waals surface area (Å²) >= 11 is 1.36. The molecular formula is C28H22F3NO4S. The fourth-order valence-electron chi connectivity index (χ4n) is 4.23. The Balaban J connectivity index is 1.48. The van der Waals surface area contributed by atoms with Crippen LogP contribution in [-0.2, 0) is 4.79 Å². The molecule has 0 bridgehead atoms. The summed E-state index contributed by atoms with van der Waals surface area (Å²) in [5.41, 5.74) is 2.61.